The zero-order valence-electron chi connectivity index (χ0n) is 36.2. The van der Waals surface area contributed by atoms with Crippen molar-refractivity contribution in [2.45, 2.75) is 6.18 Å². The molecule has 0 saturated heterocycles. The van der Waals surface area contributed by atoms with Crippen molar-refractivity contribution in [3.05, 3.63) is 194 Å². The highest BCUT2D eigenvalue weighted by Gasteiger charge is 2.33. The summed E-state index contributed by atoms with van der Waals surface area (Å²) in [7, 11) is 0. The minimum absolute atomic E-state index is 0.0704. The summed E-state index contributed by atoms with van der Waals surface area (Å²) in [5.41, 5.74) is 5.21. The standard InChI is InChI=1S/C55H29F3N12/c56-55(57,58)39-22-32(30-59)21-38(25-39)50-48(69-44-26-34(51-61-13-1-14-62-51)5-9-40(44)41-10-6-35(27-45(41)69)52-63-15-2-16-64-52)23-33(31-60)24-49(50)70-46-28-36(53-65-17-3-18-66-53)7-11-42(46)43-12-8-37(29-47(43)70)54-67-19-4-20-68-54/h1-29H. The Kier molecular flexibility index (Phi) is 9.71. The van der Waals surface area contributed by atoms with Crippen molar-refractivity contribution >= 4 is 43.6 Å². The third kappa shape index (κ3) is 7.01. The van der Waals surface area contributed by atoms with Crippen LogP contribution in [0.3, 0.4) is 0 Å². The number of fused-ring (bicyclic) bond motifs is 6. The van der Waals surface area contributed by atoms with Crippen LogP contribution in [0.2, 0.25) is 0 Å². The van der Waals surface area contributed by atoms with E-state index in [0.717, 1.165) is 33.7 Å². The molecule has 0 saturated carbocycles. The summed E-state index contributed by atoms with van der Waals surface area (Å²) in [6.07, 6.45) is 8.32. The van der Waals surface area contributed by atoms with Gasteiger partial charge in [0.15, 0.2) is 23.3 Å². The van der Waals surface area contributed by atoms with Crippen molar-refractivity contribution in [1.82, 2.24) is 49.0 Å². The molecule has 0 atom stereocenters. The number of hydrogen-bond acceptors (Lipinski definition) is 10. The molecule has 12 aromatic rings. The van der Waals surface area contributed by atoms with E-state index in [1.165, 1.54) is 6.07 Å². The van der Waals surface area contributed by atoms with E-state index in [9.17, 15) is 10.5 Å². The average Bonchev–Trinajstić information content (AvgIpc) is 3.92. The molecule has 0 radical (unpaired) electrons. The number of benzene rings is 6. The second-order valence-electron chi connectivity index (χ2n) is 16.3. The summed E-state index contributed by atoms with van der Waals surface area (Å²) in [6, 6.07) is 41.1. The maximum atomic E-state index is 15.1. The molecule has 0 fully saturated rings. The van der Waals surface area contributed by atoms with Crippen LogP contribution >= 0.6 is 0 Å². The molecular formula is C55H29F3N12. The molecule has 0 aliphatic rings. The number of nitrogens with zero attached hydrogens (tertiary/aromatic N) is 12. The van der Waals surface area contributed by atoms with Gasteiger partial charge in [0.2, 0.25) is 0 Å². The Bertz CT molecular complexity index is 3710. The second kappa shape index (κ2) is 16.4. The van der Waals surface area contributed by atoms with Gasteiger partial charge in [0.1, 0.15) is 0 Å². The van der Waals surface area contributed by atoms with Gasteiger partial charge < -0.3 is 9.13 Å². The van der Waals surface area contributed by atoms with E-state index in [1.54, 1.807) is 86.0 Å². The summed E-state index contributed by atoms with van der Waals surface area (Å²) in [6.45, 7) is 0. The summed E-state index contributed by atoms with van der Waals surface area (Å²) >= 11 is 0. The van der Waals surface area contributed by atoms with Gasteiger partial charge in [0.05, 0.1) is 62.3 Å². The van der Waals surface area contributed by atoms with Crippen molar-refractivity contribution < 1.29 is 13.2 Å². The van der Waals surface area contributed by atoms with Crippen LogP contribution in [0.25, 0.3) is 112 Å². The molecule has 0 aliphatic heterocycles. The number of hydrogen-bond donors (Lipinski definition) is 0. The Labute approximate surface area is 395 Å². The van der Waals surface area contributed by atoms with Crippen LogP contribution in [0.15, 0.2) is 177 Å². The van der Waals surface area contributed by atoms with Gasteiger partial charge in [0.25, 0.3) is 0 Å². The minimum atomic E-state index is -4.83. The number of rotatable bonds is 7. The maximum Gasteiger partial charge on any atom is 0.416 e. The fourth-order valence-corrected chi connectivity index (χ4v) is 9.23. The van der Waals surface area contributed by atoms with E-state index in [4.69, 9.17) is 0 Å². The van der Waals surface area contributed by atoms with Crippen LogP contribution in [0.5, 0.6) is 0 Å². The second-order valence-corrected chi connectivity index (χ2v) is 16.3. The summed E-state index contributed by atoms with van der Waals surface area (Å²) in [4.78, 5) is 36.3. The summed E-state index contributed by atoms with van der Waals surface area (Å²) in [5, 5.41) is 24.6. The Morgan fingerprint density at radius 1 is 0.371 bits per heavy atom. The molecule has 15 heteroatoms. The third-order valence-electron chi connectivity index (χ3n) is 12.2. The number of aromatic nitrogens is 10. The van der Waals surface area contributed by atoms with Gasteiger partial charge in [-0.15, -0.1) is 0 Å². The molecule has 6 heterocycles. The third-order valence-corrected chi connectivity index (χ3v) is 12.2. The molecule has 0 spiro atoms. The molecule has 6 aromatic carbocycles. The lowest BCUT2D eigenvalue weighted by Crippen LogP contribution is -2.08. The first-order chi connectivity index (χ1) is 34.2. The SMILES string of the molecule is N#Cc1cc(-c2c(-n3c4cc(-c5ncccn5)ccc4c4ccc(-c5ncccn5)cc43)cc(C#N)cc2-n2c3cc(-c4ncccn4)ccc3c3ccc(-c4ncccn4)cc32)cc(C(F)(F)F)c1. The van der Waals surface area contributed by atoms with Gasteiger partial charge in [-0.2, -0.15) is 23.7 Å². The smallest absolute Gasteiger partial charge is 0.308 e. The highest BCUT2D eigenvalue weighted by molar-refractivity contribution is 6.14. The zero-order chi connectivity index (χ0) is 47.5. The van der Waals surface area contributed by atoms with E-state index >= 15 is 13.2 Å². The van der Waals surface area contributed by atoms with Crippen molar-refractivity contribution in [3.63, 3.8) is 0 Å². The first-order valence-corrected chi connectivity index (χ1v) is 21.7. The van der Waals surface area contributed by atoms with Gasteiger partial charge in [-0.25, -0.2) is 39.9 Å². The quantitative estimate of drug-likeness (QED) is 0.150. The number of nitriles is 2. The van der Waals surface area contributed by atoms with E-state index in [1.807, 2.05) is 88.0 Å². The first kappa shape index (κ1) is 41.4. The van der Waals surface area contributed by atoms with Crippen molar-refractivity contribution in [1.29, 1.82) is 10.5 Å². The van der Waals surface area contributed by atoms with Crippen LogP contribution in [-0.2, 0) is 6.18 Å². The topological polar surface area (TPSA) is 161 Å². The largest absolute Gasteiger partial charge is 0.416 e. The van der Waals surface area contributed by atoms with Crippen molar-refractivity contribution in [2.24, 2.45) is 0 Å². The maximum absolute atomic E-state index is 15.1. The lowest BCUT2D eigenvalue weighted by atomic mass is 9.94. The van der Waals surface area contributed by atoms with E-state index < -0.39 is 11.7 Å². The number of alkyl halides is 3. The van der Waals surface area contributed by atoms with Gasteiger partial charge in [0, 0.05) is 98.9 Å². The van der Waals surface area contributed by atoms with Gasteiger partial charge >= 0.3 is 6.18 Å². The van der Waals surface area contributed by atoms with E-state index in [2.05, 4.69) is 45.9 Å². The molecule has 0 amide bonds. The average molecular weight is 915 g/mol. The molecule has 70 heavy (non-hydrogen) atoms. The lowest BCUT2D eigenvalue weighted by molar-refractivity contribution is -0.137. The molecule has 12 nitrogen and oxygen atoms in total. The van der Waals surface area contributed by atoms with Crippen LogP contribution in [0.1, 0.15) is 16.7 Å². The highest BCUT2D eigenvalue weighted by Crippen LogP contribution is 2.46. The Morgan fingerprint density at radius 2 is 0.686 bits per heavy atom. The van der Waals surface area contributed by atoms with Crippen LogP contribution < -0.4 is 0 Å². The Morgan fingerprint density at radius 3 is 0.986 bits per heavy atom. The van der Waals surface area contributed by atoms with Crippen LogP contribution in [-0.4, -0.2) is 49.0 Å². The lowest BCUT2D eigenvalue weighted by Gasteiger charge is -2.22. The minimum Gasteiger partial charge on any atom is -0.308 e. The molecule has 0 unspecified atom stereocenters. The van der Waals surface area contributed by atoms with Gasteiger partial charge in [-0.05, 0) is 84.4 Å². The molecular weight excluding hydrogens is 886 g/mol. The van der Waals surface area contributed by atoms with E-state index in [0.29, 0.717) is 79.0 Å². The molecule has 12 rings (SSSR count). The monoisotopic (exact) mass is 914 g/mol. The van der Waals surface area contributed by atoms with Crippen molar-refractivity contribution in [2.75, 3.05) is 0 Å². The molecule has 0 aliphatic carbocycles. The summed E-state index contributed by atoms with van der Waals surface area (Å²) < 4.78 is 49.2. The van der Waals surface area contributed by atoms with Crippen LogP contribution in [0, 0.1) is 22.7 Å². The predicted octanol–water partition coefficient (Wildman–Crippen LogP) is 12.1. The van der Waals surface area contributed by atoms with Crippen LogP contribution in [0.4, 0.5) is 13.2 Å². The van der Waals surface area contributed by atoms with Gasteiger partial charge in [-0.1, -0.05) is 48.5 Å². The Balaban J connectivity index is 1.28. The molecule has 6 aromatic heterocycles. The molecule has 0 N–H and O–H groups in total. The fraction of sp³-hybridized carbons (Fsp3) is 0.0182. The van der Waals surface area contributed by atoms with Gasteiger partial charge in [-0.3, -0.25) is 0 Å². The normalized spacial score (nSPS) is 11.6. The molecule has 330 valence electrons. The highest BCUT2D eigenvalue weighted by atomic mass is 19.4. The fourth-order valence-electron chi connectivity index (χ4n) is 9.23. The van der Waals surface area contributed by atoms with E-state index in [-0.39, 0.29) is 22.3 Å². The first-order valence-electron chi connectivity index (χ1n) is 21.7. The number of halogens is 3. The van der Waals surface area contributed by atoms with Crippen molar-refractivity contribution in [3.8, 4) is 80.2 Å². The predicted molar refractivity (Wildman–Crippen MR) is 259 cm³/mol. The zero-order valence-corrected chi connectivity index (χ0v) is 36.2. The molecule has 0 bridgehead atoms. The summed E-state index contributed by atoms with van der Waals surface area (Å²) in [5.74, 6) is 1.79. The Hall–Kier alpha value is -9.99.